The third kappa shape index (κ3) is 5.23. The summed E-state index contributed by atoms with van der Waals surface area (Å²) >= 11 is 0. The number of nitrogens with one attached hydrogen (secondary N) is 1. The Balaban J connectivity index is 1.27. The van der Waals surface area contributed by atoms with E-state index in [0.29, 0.717) is 5.69 Å². The number of carbonyl (C=O) groups excluding carboxylic acids is 3. The Hall–Kier alpha value is -4.95. The first kappa shape index (κ1) is 25.7. The number of urea groups is 1. The van der Waals surface area contributed by atoms with Gasteiger partial charge in [0.15, 0.2) is 12.2 Å². The predicted octanol–water partition coefficient (Wildman–Crippen LogP) is 2.02. The van der Waals surface area contributed by atoms with E-state index in [4.69, 9.17) is 0 Å². The van der Waals surface area contributed by atoms with Gasteiger partial charge in [-0.3, -0.25) is 19.5 Å². The van der Waals surface area contributed by atoms with Crippen molar-refractivity contribution in [2.24, 2.45) is 4.99 Å². The van der Waals surface area contributed by atoms with Gasteiger partial charge >= 0.3 is 12.2 Å². The molecule has 1 N–H and O–H groups in total. The molecule has 4 amide bonds. The Morgan fingerprint density at radius 2 is 1.82 bits per heavy atom. The number of halogens is 3. The van der Waals surface area contributed by atoms with E-state index in [1.807, 2.05) is 0 Å². The molecule has 0 radical (unpaired) electrons. The number of aromatic nitrogens is 4. The number of hydrogen-bond acceptors (Lipinski definition) is 9. The molecule has 5 rings (SSSR count). The van der Waals surface area contributed by atoms with Crippen LogP contribution in [0.2, 0.25) is 0 Å². The van der Waals surface area contributed by atoms with Gasteiger partial charge < -0.3 is 15.1 Å². The molecule has 1 saturated heterocycles. The topological polar surface area (TPSA) is 137 Å². The smallest absolute Gasteiger partial charge is 0.338 e. The third-order valence-electron chi connectivity index (χ3n) is 6.05. The van der Waals surface area contributed by atoms with Crippen LogP contribution in [0.4, 0.5) is 23.8 Å². The molecular formula is C24H20F3N9O3. The van der Waals surface area contributed by atoms with Crippen molar-refractivity contribution in [1.82, 2.24) is 34.6 Å². The van der Waals surface area contributed by atoms with Crippen LogP contribution in [0.15, 0.2) is 60.0 Å². The zero-order chi connectivity index (χ0) is 27.7. The van der Waals surface area contributed by atoms with Crippen LogP contribution in [0.1, 0.15) is 11.5 Å². The summed E-state index contributed by atoms with van der Waals surface area (Å²) in [5, 5.41) is 2.61. The average molecular weight is 539 g/mol. The number of carbonyl (C=O) groups is 3. The number of nitrogens with zero attached hydrogens (tertiary/aromatic N) is 8. The summed E-state index contributed by atoms with van der Waals surface area (Å²) in [5.74, 6) is -2.19. The first-order chi connectivity index (χ1) is 18.6. The van der Waals surface area contributed by atoms with Gasteiger partial charge in [0, 0.05) is 31.2 Å². The fourth-order valence-electron chi connectivity index (χ4n) is 4.18. The number of hydrogen-bond donors (Lipinski definition) is 1. The molecule has 0 saturated carbocycles. The highest BCUT2D eigenvalue weighted by atomic mass is 19.4. The Kier molecular flexibility index (Phi) is 6.64. The minimum absolute atomic E-state index is 0.0313. The fourth-order valence-corrected chi connectivity index (χ4v) is 4.18. The van der Waals surface area contributed by atoms with Crippen molar-refractivity contribution < 1.29 is 27.6 Å². The van der Waals surface area contributed by atoms with E-state index < -0.39 is 42.1 Å². The molecule has 0 bridgehead atoms. The van der Waals surface area contributed by atoms with Crippen molar-refractivity contribution in [2.75, 3.05) is 18.9 Å². The summed E-state index contributed by atoms with van der Waals surface area (Å²) in [6.07, 6.45) is -0.564. The van der Waals surface area contributed by atoms with Crippen molar-refractivity contribution in [1.29, 1.82) is 0 Å². The van der Waals surface area contributed by atoms with Crippen LogP contribution in [0, 0.1) is 0 Å². The van der Waals surface area contributed by atoms with Gasteiger partial charge in [-0.15, -0.1) is 0 Å². The Morgan fingerprint density at radius 1 is 1.05 bits per heavy atom. The van der Waals surface area contributed by atoms with Crippen LogP contribution in [0.3, 0.4) is 0 Å². The van der Waals surface area contributed by atoms with E-state index >= 15 is 0 Å². The number of aliphatic imine (C=N–C) groups is 1. The van der Waals surface area contributed by atoms with Gasteiger partial charge in [-0.2, -0.15) is 13.2 Å². The predicted molar refractivity (Wildman–Crippen MR) is 130 cm³/mol. The largest absolute Gasteiger partial charge is 0.451 e. The minimum Gasteiger partial charge on any atom is -0.338 e. The van der Waals surface area contributed by atoms with Crippen molar-refractivity contribution in [3.8, 4) is 11.3 Å². The highest BCUT2D eigenvalue weighted by Gasteiger charge is 2.50. The number of fused-ring (bicyclic) bond motifs is 1. The van der Waals surface area contributed by atoms with Crippen LogP contribution in [0.5, 0.6) is 0 Å². The molecule has 3 aromatic heterocycles. The van der Waals surface area contributed by atoms with Crippen molar-refractivity contribution in [2.45, 2.75) is 24.9 Å². The second-order valence-corrected chi connectivity index (χ2v) is 8.68. The van der Waals surface area contributed by atoms with Crippen LogP contribution in [-0.2, 0) is 22.3 Å². The molecule has 5 heterocycles. The summed E-state index contributed by atoms with van der Waals surface area (Å²) < 4.78 is 38.2. The average Bonchev–Trinajstić information content (AvgIpc) is 3.34. The zero-order valence-electron chi connectivity index (χ0n) is 20.3. The summed E-state index contributed by atoms with van der Waals surface area (Å²) in [5.41, 5.74) is 0.998. The minimum atomic E-state index is -4.67. The molecule has 12 nitrogen and oxygen atoms in total. The molecule has 2 aliphatic heterocycles. The number of alkyl halides is 3. The van der Waals surface area contributed by atoms with Crippen LogP contribution in [0.25, 0.3) is 11.3 Å². The highest BCUT2D eigenvalue weighted by molar-refractivity contribution is 6.03. The number of rotatable bonds is 6. The third-order valence-corrected chi connectivity index (χ3v) is 6.05. The highest BCUT2D eigenvalue weighted by Crippen LogP contribution is 2.28. The van der Waals surface area contributed by atoms with Crippen molar-refractivity contribution >= 4 is 30.0 Å². The van der Waals surface area contributed by atoms with Gasteiger partial charge in [-0.1, -0.05) is 12.1 Å². The Morgan fingerprint density at radius 3 is 2.51 bits per heavy atom. The van der Waals surface area contributed by atoms with E-state index in [0.717, 1.165) is 17.3 Å². The zero-order valence-corrected chi connectivity index (χ0v) is 20.3. The first-order valence-electron chi connectivity index (χ1n) is 11.6. The van der Waals surface area contributed by atoms with Crippen LogP contribution >= 0.6 is 0 Å². The second-order valence-electron chi connectivity index (χ2n) is 8.68. The quantitative estimate of drug-likeness (QED) is 0.503. The number of anilines is 1. The standard InChI is InChI=1S/C24H20F3N9O3/c1-34-20-19(21(38)36(23(34)39)11-15-5-2-3-8-28-15)35(13-31-20)12-18(37)33-17-7-4-6-16(32-17)14-9-29-22(30-10-14)24(25,26)27/h2-10,13,19-20H,11-12H2,1H3,(H,32,33,37). The molecule has 1 fully saturated rings. The van der Waals surface area contributed by atoms with Gasteiger partial charge in [-0.05, 0) is 24.3 Å². The lowest BCUT2D eigenvalue weighted by atomic mass is 10.1. The van der Waals surface area contributed by atoms with Gasteiger partial charge in [0.2, 0.25) is 11.7 Å². The second kappa shape index (κ2) is 10.1. The van der Waals surface area contributed by atoms with Gasteiger partial charge in [0.05, 0.1) is 30.8 Å². The normalized spacial score (nSPS) is 18.9. The van der Waals surface area contributed by atoms with E-state index in [1.165, 1.54) is 35.3 Å². The molecule has 0 aromatic carbocycles. The molecule has 3 aromatic rings. The summed E-state index contributed by atoms with van der Waals surface area (Å²) in [4.78, 5) is 62.1. The molecule has 2 aliphatic rings. The summed E-state index contributed by atoms with van der Waals surface area (Å²) in [6.45, 7) is -0.304. The maximum atomic E-state index is 13.3. The van der Waals surface area contributed by atoms with Gasteiger partial charge in [0.25, 0.3) is 5.91 Å². The Labute approximate surface area is 219 Å². The van der Waals surface area contributed by atoms with E-state index in [2.05, 4.69) is 30.2 Å². The lowest BCUT2D eigenvalue weighted by molar-refractivity contribution is -0.145. The van der Waals surface area contributed by atoms with E-state index in [1.54, 1.807) is 30.5 Å². The molecule has 2 unspecified atom stereocenters. The fraction of sp³-hybridized carbons (Fsp3) is 0.250. The van der Waals surface area contributed by atoms with Gasteiger partial charge in [0.1, 0.15) is 5.82 Å². The summed E-state index contributed by atoms with van der Waals surface area (Å²) in [7, 11) is 1.53. The lowest BCUT2D eigenvalue weighted by Gasteiger charge is -2.40. The number of pyridine rings is 2. The van der Waals surface area contributed by atoms with Crippen LogP contribution < -0.4 is 5.32 Å². The first-order valence-corrected chi connectivity index (χ1v) is 11.6. The molecule has 39 heavy (non-hydrogen) atoms. The molecule has 2 atom stereocenters. The molecule has 0 aliphatic carbocycles. The van der Waals surface area contributed by atoms with Crippen molar-refractivity contribution in [3.63, 3.8) is 0 Å². The van der Waals surface area contributed by atoms with Crippen molar-refractivity contribution in [3.05, 3.63) is 66.5 Å². The number of likely N-dealkylation sites (N-methyl/N-ethyl adjacent to an activating group) is 1. The Bertz CT molecular complexity index is 1430. The number of imide groups is 1. The number of amides is 4. The van der Waals surface area contributed by atoms with Crippen LogP contribution in [-0.4, -0.2) is 84.6 Å². The monoisotopic (exact) mass is 539 g/mol. The maximum absolute atomic E-state index is 13.3. The molecule has 0 spiro atoms. The van der Waals surface area contributed by atoms with E-state index in [9.17, 15) is 27.6 Å². The van der Waals surface area contributed by atoms with Gasteiger partial charge in [-0.25, -0.2) is 24.7 Å². The van der Waals surface area contributed by atoms with E-state index in [-0.39, 0.29) is 30.2 Å². The molecular weight excluding hydrogens is 519 g/mol. The molecule has 200 valence electrons. The molecule has 15 heteroatoms. The maximum Gasteiger partial charge on any atom is 0.451 e. The lowest BCUT2D eigenvalue weighted by Crippen LogP contribution is -2.64. The SMILES string of the molecule is CN1C(=O)N(Cc2ccccn2)C(=O)C2C1N=CN2CC(=O)Nc1cccc(-c2cnc(C(F)(F)F)nc2)n1. The summed E-state index contributed by atoms with van der Waals surface area (Å²) in [6, 6.07) is 8.32.